The average Bonchev–Trinajstić information content (AvgIpc) is 2.78. The van der Waals surface area contributed by atoms with Crippen molar-refractivity contribution in [2.75, 3.05) is 7.05 Å². The predicted molar refractivity (Wildman–Crippen MR) is 82.0 cm³/mol. The molecule has 1 heterocycles. The molecule has 21 heavy (non-hydrogen) atoms. The van der Waals surface area contributed by atoms with E-state index in [1.165, 1.54) is 11.1 Å². The van der Waals surface area contributed by atoms with Gasteiger partial charge >= 0.3 is 0 Å². The average molecular weight is 286 g/mol. The van der Waals surface area contributed by atoms with Gasteiger partial charge in [0.25, 0.3) is 0 Å². The maximum atomic E-state index is 12.3. The first-order valence-electron chi connectivity index (χ1n) is 7.19. The summed E-state index contributed by atoms with van der Waals surface area (Å²) >= 11 is 0. The van der Waals surface area contributed by atoms with Crippen LogP contribution >= 0.6 is 0 Å². The Morgan fingerprint density at radius 3 is 2.57 bits per heavy atom. The molecule has 1 aromatic heterocycles. The Kier molecular flexibility index (Phi) is 4.78. The van der Waals surface area contributed by atoms with Gasteiger partial charge in [0, 0.05) is 25.6 Å². The summed E-state index contributed by atoms with van der Waals surface area (Å²) in [6.07, 6.45) is 1.16. The van der Waals surface area contributed by atoms with Gasteiger partial charge in [0.05, 0.1) is 5.69 Å². The molecule has 0 atom stereocenters. The molecule has 4 heteroatoms. The Morgan fingerprint density at radius 1 is 1.24 bits per heavy atom. The lowest BCUT2D eigenvalue weighted by Gasteiger charge is -2.18. The fourth-order valence-electron chi connectivity index (χ4n) is 2.41. The molecule has 0 saturated carbocycles. The normalized spacial score (nSPS) is 10.7. The zero-order valence-electron chi connectivity index (χ0n) is 13.1. The molecule has 0 aliphatic carbocycles. The van der Waals surface area contributed by atoms with E-state index in [0.717, 1.165) is 17.0 Å². The summed E-state index contributed by atoms with van der Waals surface area (Å²) in [5.74, 6) is 0.945. The predicted octanol–water partition coefficient (Wildman–Crippen LogP) is 3.19. The third-order valence-electron chi connectivity index (χ3n) is 3.86. The van der Waals surface area contributed by atoms with Gasteiger partial charge in [0.2, 0.25) is 5.91 Å². The summed E-state index contributed by atoms with van der Waals surface area (Å²) in [7, 11) is 1.85. The third kappa shape index (κ3) is 3.72. The van der Waals surface area contributed by atoms with Crippen LogP contribution in [-0.2, 0) is 17.8 Å². The van der Waals surface area contributed by atoms with Crippen molar-refractivity contribution in [3.05, 3.63) is 52.4 Å². The number of benzene rings is 1. The van der Waals surface area contributed by atoms with Crippen LogP contribution in [0.3, 0.4) is 0 Å². The van der Waals surface area contributed by atoms with Crippen LogP contribution < -0.4 is 0 Å². The fourth-order valence-corrected chi connectivity index (χ4v) is 2.41. The summed E-state index contributed by atoms with van der Waals surface area (Å²) in [6.45, 7) is 6.51. The Morgan fingerprint density at radius 2 is 1.95 bits per heavy atom. The first kappa shape index (κ1) is 15.3. The van der Waals surface area contributed by atoms with E-state index in [0.29, 0.717) is 19.4 Å². The van der Waals surface area contributed by atoms with E-state index in [1.807, 2.05) is 33.0 Å². The van der Waals surface area contributed by atoms with Gasteiger partial charge < -0.3 is 9.42 Å². The number of carbonyl (C=O) groups is 1. The SMILES string of the molecule is Cc1ccccc1CN(C)C(=O)CCc1c(C)noc1C. The molecule has 0 spiro atoms. The molecule has 0 radical (unpaired) electrons. The molecule has 2 aromatic rings. The van der Waals surface area contributed by atoms with Crippen molar-refractivity contribution < 1.29 is 9.32 Å². The number of aromatic nitrogens is 1. The van der Waals surface area contributed by atoms with Gasteiger partial charge in [-0.25, -0.2) is 0 Å². The lowest BCUT2D eigenvalue weighted by Crippen LogP contribution is -2.26. The van der Waals surface area contributed by atoms with Gasteiger partial charge in [-0.2, -0.15) is 0 Å². The number of aryl methyl sites for hydroxylation is 3. The smallest absolute Gasteiger partial charge is 0.222 e. The summed E-state index contributed by atoms with van der Waals surface area (Å²) in [4.78, 5) is 14.0. The molecule has 1 aromatic carbocycles. The van der Waals surface area contributed by atoms with Crippen LogP contribution in [0.1, 0.15) is 34.6 Å². The molecule has 112 valence electrons. The highest BCUT2D eigenvalue weighted by Gasteiger charge is 2.14. The first-order chi connectivity index (χ1) is 9.99. The zero-order chi connectivity index (χ0) is 15.4. The van der Waals surface area contributed by atoms with Crippen LogP contribution in [0.4, 0.5) is 0 Å². The molecule has 0 fully saturated rings. The van der Waals surface area contributed by atoms with Crippen molar-refractivity contribution in [3.63, 3.8) is 0 Å². The minimum atomic E-state index is 0.137. The first-order valence-corrected chi connectivity index (χ1v) is 7.19. The van der Waals surface area contributed by atoms with E-state index in [2.05, 4.69) is 24.2 Å². The van der Waals surface area contributed by atoms with Crippen molar-refractivity contribution in [2.24, 2.45) is 0 Å². The number of hydrogen-bond donors (Lipinski definition) is 0. The van der Waals surface area contributed by atoms with Crippen LogP contribution in [0.2, 0.25) is 0 Å². The van der Waals surface area contributed by atoms with Crippen molar-refractivity contribution >= 4 is 5.91 Å². The molecule has 0 aliphatic heterocycles. The number of rotatable bonds is 5. The van der Waals surface area contributed by atoms with E-state index in [1.54, 1.807) is 4.90 Å². The van der Waals surface area contributed by atoms with Crippen LogP contribution in [0, 0.1) is 20.8 Å². The Bertz CT molecular complexity index is 612. The van der Waals surface area contributed by atoms with Crippen molar-refractivity contribution in [1.29, 1.82) is 0 Å². The van der Waals surface area contributed by atoms with E-state index >= 15 is 0 Å². The summed E-state index contributed by atoms with van der Waals surface area (Å²) in [5.41, 5.74) is 4.32. The summed E-state index contributed by atoms with van der Waals surface area (Å²) in [6, 6.07) is 8.15. The highest BCUT2D eigenvalue weighted by Crippen LogP contribution is 2.16. The van der Waals surface area contributed by atoms with E-state index in [4.69, 9.17) is 4.52 Å². The lowest BCUT2D eigenvalue weighted by molar-refractivity contribution is -0.130. The second-order valence-electron chi connectivity index (χ2n) is 5.48. The standard InChI is InChI=1S/C17H22N2O2/c1-12-7-5-6-8-15(12)11-19(4)17(20)10-9-16-13(2)18-21-14(16)3/h5-8H,9-11H2,1-4H3. The Labute approximate surface area is 125 Å². The van der Waals surface area contributed by atoms with Gasteiger partial charge in [0.15, 0.2) is 0 Å². The fraction of sp³-hybridized carbons (Fsp3) is 0.412. The second kappa shape index (κ2) is 6.57. The number of hydrogen-bond acceptors (Lipinski definition) is 3. The van der Waals surface area contributed by atoms with E-state index < -0.39 is 0 Å². The monoisotopic (exact) mass is 286 g/mol. The molecule has 1 amide bonds. The van der Waals surface area contributed by atoms with Gasteiger partial charge in [-0.3, -0.25) is 4.79 Å². The van der Waals surface area contributed by atoms with Gasteiger partial charge in [-0.1, -0.05) is 29.4 Å². The maximum absolute atomic E-state index is 12.3. The van der Waals surface area contributed by atoms with Crippen LogP contribution in [-0.4, -0.2) is 23.0 Å². The highest BCUT2D eigenvalue weighted by molar-refractivity contribution is 5.76. The van der Waals surface area contributed by atoms with E-state index in [-0.39, 0.29) is 5.91 Å². The number of nitrogens with zero attached hydrogens (tertiary/aromatic N) is 2. The summed E-state index contributed by atoms with van der Waals surface area (Å²) in [5, 5.41) is 3.92. The quantitative estimate of drug-likeness (QED) is 0.848. The molecule has 2 rings (SSSR count). The number of amides is 1. The molecular formula is C17H22N2O2. The molecular weight excluding hydrogens is 264 g/mol. The van der Waals surface area contributed by atoms with Crippen molar-refractivity contribution in [1.82, 2.24) is 10.1 Å². The van der Waals surface area contributed by atoms with Crippen LogP contribution in [0.25, 0.3) is 0 Å². The number of carbonyl (C=O) groups excluding carboxylic acids is 1. The van der Waals surface area contributed by atoms with Gasteiger partial charge in [-0.15, -0.1) is 0 Å². The minimum Gasteiger partial charge on any atom is -0.361 e. The highest BCUT2D eigenvalue weighted by atomic mass is 16.5. The molecule has 0 bridgehead atoms. The molecule has 4 nitrogen and oxygen atoms in total. The molecule has 0 saturated heterocycles. The third-order valence-corrected chi connectivity index (χ3v) is 3.86. The minimum absolute atomic E-state index is 0.137. The second-order valence-corrected chi connectivity index (χ2v) is 5.48. The van der Waals surface area contributed by atoms with Gasteiger partial charge in [-0.05, 0) is 38.3 Å². The zero-order valence-corrected chi connectivity index (χ0v) is 13.1. The van der Waals surface area contributed by atoms with Crippen molar-refractivity contribution in [3.8, 4) is 0 Å². The largest absolute Gasteiger partial charge is 0.361 e. The van der Waals surface area contributed by atoms with Crippen molar-refractivity contribution in [2.45, 2.75) is 40.2 Å². The lowest BCUT2D eigenvalue weighted by atomic mass is 10.1. The van der Waals surface area contributed by atoms with Gasteiger partial charge in [0.1, 0.15) is 5.76 Å². The van der Waals surface area contributed by atoms with E-state index in [9.17, 15) is 4.79 Å². The van der Waals surface area contributed by atoms with Crippen LogP contribution in [0.5, 0.6) is 0 Å². The molecule has 0 aliphatic rings. The Balaban J connectivity index is 1.93. The molecule has 0 unspecified atom stereocenters. The van der Waals surface area contributed by atoms with Crippen LogP contribution in [0.15, 0.2) is 28.8 Å². The molecule has 0 N–H and O–H groups in total. The topological polar surface area (TPSA) is 46.3 Å². The summed E-state index contributed by atoms with van der Waals surface area (Å²) < 4.78 is 5.12. The Hall–Kier alpha value is -2.10. The maximum Gasteiger partial charge on any atom is 0.222 e.